The number of carboxylic acid groups (broad SMARTS) is 1. The summed E-state index contributed by atoms with van der Waals surface area (Å²) in [7, 11) is 0. The minimum atomic E-state index is -0.956. The zero-order valence-electron chi connectivity index (χ0n) is 13.0. The van der Waals surface area contributed by atoms with Crippen molar-refractivity contribution in [3.05, 3.63) is 72.1 Å². The monoisotopic (exact) mass is 314 g/mol. The van der Waals surface area contributed by atoms with Crippen LogP contribution in [-0.4, -0.2) is 21.0 Å². The van der Waals surface area contributed by atoms with E-state index in [0.717, 1.165) is 33.0 Å². The van der Waals surface area contributed by atoms with Crippen LogP contribution in [0.1, 0.15) is 15.9 Å². The lowest BCUT2D eigenvalue weighted by Gasteiger charge is -2.10. The summed E-state index contributed by atoms with van der Waals surface area (Å²) in [5.41, 5.74) is 3.89. The maximum Gasteiger partial charge on any atom is 0.335 e. The van der Waals surface area contributed by atoms with Crippen LogP contribution >= 0.6 is 0 Å². The molecular weight excluding hydrogens is 300 g/mol. The third kappa shape index (κ3) is 2.29. The van der Waals surface area contributed by atoms with Gasteiger partial charge in [-0.2, -0.15) is 0 Å². The number of fused-ring (bicyclic) bond motifs is 3. The van der Waals surface area contributed by atoms with E-state index in [1.807, 2.05) is 31.2 Å². The van der Waals surface area contributed by atoms with E-state index in [-0.39, 0.29) is 5.56 Å². The van der Waals surface area contributed by atoms with Gasteiger partial charge in [-0.25, -0.2) is 9.78 Å². The van der Waals surface area contributed by atoms with Crippen molar-refractivity contribution < 1.29 is 9.90 Å². The number of aromatic carboxylic acids is 1. The van der Waals surface area contributed by atoms with Crippen molar-refractivity contribution in [2.75, 3.05) is 0 Å². The number of aromatic nitrogens is 2. The molecule has 2 aromatic heterocycles. The Morgan fingerprint density at radius 1 is 1.00 bits per heavy atom. The number of benzene rings is 2. The van der Waals surface area contributed by atoms with E-state index in [1.165, 1.54) is 0 Å². The molecule has 116 valence electrons. The fraction of sp³-hybridized carbons (Fsp3) is 0.0500. The van der Waals surface area contributed by atoms with Crippen LogP contribution in [0, 0.1) is 6.92 Å². The molecule has 0 atom stereocenters. The molecule has 0 bridgehead atoms. The number of nitrogens with zero attached hydrogens (tertiary/aromatic N) is 2. The number of carboxylic acids is 1. The average molecular weight is 314 g/mol. The second-order valence-corrected chi connectivity index (χ2v) is 5.79. The molecule has 1 N–H and O–H groups in total. The molecule has 2 heterocycles. The lowest BCUT2D eigenvalue weighted by molar-refractivity contribution is 0.0697. The fourth-order valence-corrected chi connectivity index (χ4v) is 2.99. The van der Waals surface area contributed by atoms with Crippen molar-refractivity contribution in [1.29, 1.82) is 0 Å². The molecule has 0 fully saturated rings. The molecule has 4 nitrogen and oxygen atoms in total. The third-order valence-corrected chi connectivity index (χ3v) is 4.13. The summed E-state index contributed by atoms with van der Waals surface area (Å²) in [5, 5.41) is 12.1. The van der Waals surface area contributed by atoms with Gasteiger partial charge in [-0.3, -0.25) is 4.98 Å². The van der Waals surface area contributed by atoms with Crippen LogP contribution < -0.4 is 0 Å². The van der Waals surface area contributed by atoms with Gasteiger partial charge in [0.25, 0.3) is 0 Å². The van der Waals surface area contributed by atoms with Crippen LogP contribution in [0.25, 0.3) is 32.9 Å². The van der Waals surface area contributed by atoms with Gasteiger partial charge < -0.3 is 5.11 Å². The molecule has 0 saturated carbocycles. The molecule has 0 aliphatic heterocycles. The summed E-state index contributed by atoms with van der Waals surface area (Å²) >= 11 is 0. The van der Waals surface area contributed by atoms with Gasteiger partial charge in [0, 0.05) is 34.1 Å². The van der Waals surface area contributed by atoms with Gasteiger partial charge in [-0.15, -0.1) is 0 Å². The fourth-order valence-electron chi connectivity index (χ4n) is 2.99. The van der Waals surface area contributed by atoms with Gasteiger partial charge >= 0.3 is 5.97 Å². The second kappa shape index (κ2) is 5.42. The zero-order chi connectivity index (χ0) is 16.7. The van der Waals surface area contributed by atoms with Crippen LogP contribution in [0.5, 0.6) is 0 Å². The predicted molar refractivity (Wildman–Crippen MR) is 94.2 cm³/mol. The van der Waals surface area contributed by atoms with Crippen LogP contribution in [0.3, 0.4) is 0 Å². The minimum absolute atomic E-state index is 0.230. The summed E-state index contributed by atoms with van der Waals surface area (Å²) in [5.74, 6) is -0.956. The first-order valence-electron chi connectivity index (χ1n) is 7.61. The molecule has 2 aromatic carbocycles. The van der Waals surface area contributed by atoms with Crippen molar-refractivity contribution in [3.63, 3.8) is 0 Å². The van der Waals surface area contributed by atoms with Crippen LogP contribution in [0.15, 0.2) is 60.9 Å². The molecule has 0 aliphatic rings. The average Bonchev–Trinajstić information content (AvgIpc) is 2.60. The number of carbonyl (C=O) groups is 1. The maximum absolute atomic E-state index is 11.3. The molecule has 0 amide bonds. The van der Waals surface area contributed by atoms with E-state index in [1.54, 1.807) is 30.6 Å². The van der Waals surface area contributed by atoms with Gasteiger partial charge in [0.2, 0.25) is 0 Å². The summed E-state index contributed by atoms with van der Waals surface area (Å²) in [6, 6.07) is 15.1. The van der Waals surface area contributed by atoms with Crippen LogP contribution in [-0.2, 0) is 0 Å². The molecular formula is C20H14N2O2. The van der Waals surface area contributed by atoms with E-state index in [0.29, 0.717) is 5.52 Å². The van der Waals surface area contributed by atoms with Gasteiger partial charge in [-0.05, 0) is 31.2 Å². The van der Waals surface area contributed by atoms with Crippen LogP contribution in [0.2, 0.25) is 0 Å². The molecule has 0 unspecified atom stereocenters. The molecule has 4 heteroatoms. The van der Waals surface area contributed by atoms with Gasteiger partial charge in [0.05, 0.1) is 16.8 Å². The van der Waals surface area contributed by atoms with Crippen molar-refractivity contribution >= 4 is 27.6 Å². The molecule has 24 heavy (non-hydrogen) atoms. The lowest BCUT2D eigenvalue weighted by Crippen LogP contribution is -1.97. The van der Waals surface area contributed by atoms with Crippen molar-refractivity contribution in [2.45, 2.75) is 6.92 Å². The molecule has 4 rings (SSSR count). The number of aryl methyl sites for hydroxylation is 1. The minimum Gasteiger partial charge on any atom is -0.478 e. The Morgan fingerprint density at radius 3 is 2.67 bits per heavy atom. The summed E-state index contributed by atoms with van der Waals surface area (Å²) < 4.78 is 0. The van der Waals surface area contributed by atoms with E-state index < -0.39 is 5.97 Å². The van der Waals surface area contributed by atoms with E-state index in [4.69, 9.17) is 4.98 Å². The van der Waals surface area contributed by atoms with Gasteiger partial charge in [-0.1, -0.05) is 29.8 Å². The standard InChI is InChI=1S/C20H14N2O2/c1-12-3-2-4-13(9-12)19-16-7-8-21-11-17(16)15-6-5-14(20(23)24)10-18(15)22-19/h2-11H,1H3,(H,23,24). The molecule has 0 aliphatic carbocycles. The van der Waals surface area contributed by atoms with E-state index >= 15 is 0 Å². The number of pyridine rings is 2. The van der Waals surface area contributed by atoms with Crippen molar-refractivity contribution in [2.24, 2.45) is 0 Å². The molecule has 0 spiro atoms. The first kappa shape index (κ1) is 14.3. The number of hydrogen-bond donors (Lipinski definition) is 1. The first-order valence-corrected chi connectivity index (χ1v) is 7.61. The Kier molecular flexibility index (Phi) is 3.24. The Hall–Kier alpha value is -3.27. The highest BCUT2D eigenvalue weighted by Gasteiger charge is 2.12. The van der Waals surface area contributed by atoms with Crippen molar-refractivity contribution in [3.8, 4) is 11.3 Å². The van der Waals surface area contributed by atoms with E-state index in [9.17, 15) is 9.90 Å². The lowest BCUT2D eigenvalue weighted by atomic mass is 10.00. The quantitative estimate of drug-likeness (QED) is 0.555. The molecule has 0 radical (unpaired) electrons. The van der Waals surface area contributed by atoms with E-state index in [2.05, 4.69) is 11.1 Å². The first-order chi connectivity index (χ1) is 11.6. The summed E-state index contributed by atoms with van der Waals surface area (Å²) in [6.07, 6.45) is 3.56. The number of hydrogen-bond acceptors (Lipinski definition) is 3. The summed E-state index contributed by atoms with van der Waals surface area (Å²) in [4.78, 5) is 20.3. The Morgan fingerprint density at radius 2 is 1.88 bits per heavy atom. The second-order valence-electron chi connectivity index (χ2n) is 5.79. The van der Waals surface area contributed by atoms with Crippen molar-refractivity contribution in [1.82, 2.24) is 9.97 Å². The normalized spacial score (nSPS) is 11.0. The highest BCUT2D eigenvalue weighted by Crippen LogP contribution is 2.32. The Labute approximate surface area is 138 Å². The van der Waals surface area contributed by atoms with Gasteiger partial charge in [0.15, 0.2) is 0 Å². The van der Waals surface area contributed by atoms with Crippen LogP contribution in [0.4, 0.5) is 0 Å². The zero-order valence-corrected chi connectivity index (χ0v) is 13.0. The molecule has 4 aromatic rings. The Balaban J connectivity index is 2.12. The maximum atomic E-state index is 11.3. The highest BCUT2D eigenvalue weighted by molar-refractivity contribution is 6.11. The van der Waals surface area contributed by atoms with Gasteiger partial charge in [0.1, 0.15) is 0 Å². The largest absolute Gasteiger partial charge is 0.478 e. The molecule has 0 saturated heterocycles. The highest BCUT2D eigenvalue weighted by atomic mass is 16.4. The predicted octanol–water partition coefficient (Wildman–Crippen LogP) is 4.46. The smallest absolute Gasteiger partial charge is 0.335 e. The SMILES string of the molecule is Cc1cccc(-c2nc3cc(C(=O)O)ccc3c3cnccc23)c1. The summed E-state index contributed by atoms with van der Waals surface area (Å²) in [6.45, 7) is 2.04. The topological polar surface area (TPSA) is 63.1 Å². The Bertz CT molecular complexity index is 1100. The number of rotatable bonds is 2. The third-order valence-electron chi connectivity index (χ3n) is 4.13.